The topological polar surface area (TPSA) is 70.2 Å². The maximum absolute atomic E-state index is 11.3. The molecule has 0 saturated heterocycles. The molecule has 1 aromatic carbocycles. The van der Waals surface area contributed by atoms with Gasteiger partial charge in [-0.25, -0.2) is 5.43 Å². The molecule has 1 N–H and O–H groups in total. The van der Waals surface area contributed by atoms with Gasteiger partial charge in [0.05, 0.1) is 12.3 Å². The molecular weight excluding hydrogens is 312 g/mol. The molecule has 0 aliphatic heterocycles. The standard InChI is InChI=1S/C20H24N4O/c1-14-12-16(13-22-23-19(25)10-11-21)15(2)24(14)18-8-6-17(7-9-18)20(3,4)5/h6-9,12-13H,10H2,1-5H3,(H,23,25)/b22-13-. The maximum Gasteiger partial charge on any atom is 0.254 e. The number of aryl methyl sites for hydroxylation is 1. The average molecular weight is 336 g/mol. The molecule has 0 radical (unpaired) electrons. The van der Waals surface area contributed by atoms with Gasteiger partial charge in [0, 0.05) is 22.6 Å². The fourth-order valence-corrected chi connectivity index (χ4v) is 2.71. The molecule has 0 atom stereocenters. The Morgan fingerprint density at radius 2 is 1.92 bits per heavy atom. The van der Waals surface area contributed by atoms with Crippen molar-refractivity contribution in [1.29, 1.82) is 5.26 Å². The van der Waals surface area contributed by atoms with Gasteiger partial charge < -0.3 is 4.57 Å². The molecule has 1 amide bonds. The molecular formula is C20H24N4O. The van der Waals surface area contributed by atoms with Gasteiger partial charge >= 0.3 is 0 Å². The van der Waals surface area contributed by atoms with Crippen LogP contribution < -0.4 is 5.43 Å². The molecule has 5 nitrogen and oxygen atoms in total. The van der Waals surface area contributed by atoms with Gasteiger partial charge in [-0.15, -0.1) is 0 Å². The van der Waals surface area contributed by atoms with Crippen LogP contribution in [0.5, 0.6) is 0 Å². The van der Waals surface area contributed by atoms with E-state index < -0.39 is 5.91 Å². The number of benzene rings is 1. The Hall–Kier alpha value is -2.87. The molecule has 25 heavy (non-hydrogen) atoms. The van der Waals surface area contributed by atoms with E-state index in [-0.39, 0.29) is 11.8 Å². The highest BCUT2D eigenvalue weighted by atomic mass is 16.2. The highest BCUT2D eigenvalue weighted by Gasteiger charge is 2.14. The smallest absolute Gasteiger partial charge is 0.254 e. The molecule has 1 aromatic heterocycles. The largest absolute Gasteiger partial charge is 0.318 e. The lowest BCUT2D eigenvalue weighted by Gasteiger charge is -2.20. The van der Waals surface area contributed by atoms with Crippen molar-refractivity contribution in [2.75, 3.05) is 0 Å². The zero-order valence-corrected chi connectivity index (χ0v) is 15.4. The van der Waals surface area contributed by atoms with Crippen LogP contribution in [0.1, 0.15) is 49.7 Å². The lowest BCUT2D eigenvalue weighted by atomic mass is 9.87. The van der Waals surface area contributed by atoms with Crippen molar-refractivity contribution in [3.63, 3.8) is 0 Å². The summed E-state index contributed by atoms with van der Waals surface area (Å²) >= 11 is 0. The van der Waals surface area contributed by atoms with Crippen LogP contribution >= 0.6 is 0 Å². The third kappa shape index (κ3) is 4.36. The van der Waals surface area contributed by atoms with E-state index in [1.165, 1.54) is 5.56 Å². The average Bonchev–Trinajstić information content (AvgIpc) is 2.81. The van der Waals surface area contributed by atoms with Crippen molar-refractivity contribution in [2.45, 2.75) is 46.5 Å². The van der Waals surface area contributed by atoms with Crippen LogP contribution in [0.3, 0.4) is 0 Å². The van der Waals surface area contributed by atoms with Crippen LogP contribution in [0, 0.1) is 25.2 Å². The van der Waals surface area contributed by atoms with Crippen LogP contribution in [0.25, 0.3) is 5.69 Å². The van der Waals surface area contributed by atoms with E-state index in [4.69, 9.17) is 5.26 Å². The summed E-state index contributed by atoms with van der Waals surface area (Å²) in [6.45, 7) is 10.6. The van der Waals surface area contributed by atoms with E-state index in [1.807, 2.05) is 19.9 Å². The first-order valence-corrected chi connectivity index (χ1v) is 8.22. The van der Waals surface area contributed by atoms with Crippen molar-refractivity contribution in [2.24, 2.45) is 5.10 Å². The number of nitriles is 1. The number of hydrogen-bond donors (Lipinski definition) is 1. The Morgan fingerprint density at radius 1 is 1.28 bits per heavy atom. The van der Waals surface area contributed by atoms with Gasteiger partial charge in [-0.2, -0.15) is 10.4 Å². The molecule has 0 bridgehead atoms. The summed E-state index contributed by atoms with van der Waals surface area (Å²) in [6.07, 6.45) is 1.41. The zero-order valence-electron chi connectivity index (χ0n) is 15.4. The second-order valence-corrected chi connectivity index (χ2v) is 7.09. The SMILES string of the molecule is Cc1cc(/C=N\NC(=O)CC#N)c(C)n1-c1ccc(C(C)(C)C)cc1. The Morgan fingerprint density at radius 3 is 2.48 bits per heavy atom. The van der Waals surface area contributed by atoms with Crippen molar-refractivity contribution in [3.05, 3.63) is 52.8 Å². The van der Waals surface area contributed by atoms with Gasteiger partial charge in [0.2, 0.25) is 0 Å². The van der Waals surface area contributed by atoms with Crippen molar-refractivity contribution >= 4 is 12.1 Å². The van der Waals surface area contributed by atoms with Gasteiger partial charge in [0.1, 0.15) is 6.42 Å². The molecule has 2 rings (SSSR count). The summed E-state index contributed by atoms with van der Waals surface area (Å²) in [5, 5.41) is 12.4. The second kappa shape index (κ2) is 7.35. The molecule has 5 heteroatoms. The van der Waals surface area contributed by atoms with E-state index in [0.717, 1.165) is 22.6 Å². The van der Waals surface area contributed by atoms with Crippen LogP contribution in [-0.2, 0) is 10.2 Å². The molecule has 0 unspecified atom stereocenters. The number of nitrogens with one attached hydrogen (secondary N) is 1. The minimum Gasteiger partial charge on any atom is -0.318 e. The molecule has 0 aliphatic rings. The molecule has 0 saturated carbocycles. The van der Waals surface area contributed by atoms with E-state index in [0.29, 0.717) is 0 Å². The van der Waals surface area contributed by atoms with Gasteiger partial charge in [-0.3, -0.25) is 4.79 Å². The van der Waals surface area contributed by atoms with Crippen LogP contribution in [0.15, 0.2) is 35.4 Å². The molecule has 1 heterocycles. The summed E-state index contributed by atoms with van der Waals surface area (Å²) in [6, 6.07) is 12.4. The monoisotopic (exact) mass is 336 g/mol. The van der Waals surface area contributed by atoms with E-state index >= 15 is 0 Å². The number of nitrogens with zero attached hydrogens (tertiary/aromatic N) is 3. The predicted molar refractivity (Wildman–Crippen MR) is 99.9 cm³/mol. The number of carbonyl (C=O) groups excluding carboxylic acids is 1. The third-order valence-corrected chi connectivity index (χ3v) is 4.09. The number of amides is 1. The summed E-state index contributed by atoms with van der Waals surface area (Å²) < 4.78 is 2.16. The van der Waals surface area contributed by atoms with Crippen LogP contribution in [0.4, 0.5) is 0 Å². The summed E-state index contributed by atoms with van der Waals surface area (Å²) in [5.41, 5.74) is 7.92. The van der Waals surface area contributed by atoms with E-state index in [2.05, 4.69) is 60.1 Å². The fourth-order valence-electron chi connectivity index (χ4n) is 2.71. The van der Waals surface area contributed by atoms with Crippen molar-refractivity contribution in [3.8, 4) is 11.8 Å². The summed E-state index contributed by atoms with van der Waals surface area (Å²) in [5.74, 6) is -0.412. The number of rotatable bonds is 4. The van der Waals surface area contributed by atoms with Gasteiger partial charge in [-0.1, -0.05) is 32.9 Å². The lowest BCUT2D eigenvalue weighted by Crippen LogP contribution is -2.16. The number of hydrogen-bond acceptors (Lipinski definition) is 3. The molecule has 2 aromatic rings. The molecule has 0 spiro atoms. The van der Waals surface area contributed by atoms with Gasteiger partial charge in [0.25, 0.3) is 5.91 Å². The Balaban J connectivity index is 2.26. The predicted octanol–water partition coefficient (Wildman–Crippen LogP) is 3.76. The summed E-state index contributed by atoms with van der Waals surface area (Å²) in [7, 11) is 0. The van der Waals surface area contributed by atoms with Crippen molar-refractivity contribution in [1.82, 2.24) is 9.99 Å². The number of hydrazone groups is 1. The van der Waals surface area contributed by atoms with Gasteiger partial charge in [0.15, 0.2) is 0 Å². The highest BCUT2D eigenvalue weighted by Crippen LogP contribution is 2.25. The van der Waals surface area contributed by atoms with Crippen LogP contribution in [-0.4, -0.2) is 16.7 Å². The maximum atomic E-state index is 11.3. The molecule has 0 fully saturated rings. The van der Waals surface area contributed by atoms with E-state index in [1.54, 1.807) is 12.3 Å². The minimum atomic E-state index is -0.412. The molecule has 130 valence electrons. The first-order valence-electron chi connectivity index (χ1n) is 8.22. The van der Waals surface area contributed by atoms with Crippen molar-refractivity contribution < 1.29 is 4.79 Å². The Bertz CT molecular complexity index is 830. The quantitative estimate of drug-likeness (QED) is 0.682. The Kier molecular flexibility index (Phi) is 5.43. The third-order valence-electron chi connectivity index (χ3n) is 4.09. The highest BCUT2D eigenvalue weighted by molar-refractivity contribution is 5.84. The van der Waals surface area contributed by atoms with Gasteiger partial charge in [-0.05, 0) is 43.0 Å². The normalized spacial score (nSPS) is 11.5. The minimum absolute atomic E-state index is 0.124. The van der Waals surface area contributed by atoms with Crippen LogP contribution in [0.2, 0.25) is 0 Å². The van der Waals surface area contributed by atoms with E-state index in [9.17, 15) is 4.79 Å². The Labute approximate surface area is 149 Å². The lowest BCUT2D eigenvalue weighted by molar-refractivity contribution is -0.120. The summed E-state index contributed by atoms with van der Waals surface area (Å²) in [4.78, 5) is 11.3. The number of carbonyl (C=O) groups is 1. The second-order valence-electron chi connectivity index (χ2n) is 7.09. The number of aromatic nitrogens is 1. The molecule has 0 aliphatic carbocycles. The fraction of sp³-hybridized carbons (Fsp3) is 0.350. The first kappa shape index (κ1) is 18.5. The first-order chi connectivity index (χ1) is 11.7. The zero-order chi connectivity index (χ0) is 18.6.